The molecule has 0 unspecified atom stereocenters. The van der Waals surface area contributed by atoms with Crippen LogP contribution in [0, 0.1) is 12.7 Å². The van der Waals surface area contributed by atoms with Crippen LogP contribution in [-0.2, 0) is 6.54 Å². The summed E-state index contributed by atoms with van der Waals surface area (Å²) in [5.74, 6) is -1.04. The van der Waals surface area contributed by atoms with E-state index in [1.807, 2.05) is 25.1 Å². The molecule has 0 aliphatic rings. The number of carbonyl (C=O) groups excluding carboxylic acids is 2. The number of benzene rings is 3. The molecule has 0 aromatic heterocycles. The maximum Gasteiger partial charge on any atom is 0.255 e. The number of hydrogen-bond acceptors (Lipinski definition) is 2. The zero-order valence-electron chi connectivity index (χ0n) is 14.8. The molecule has 0 bridgehead atoms. The molecule has 0 heterocycles. The Labute approximate surface area is 157 Å². The molecule has 4 nitrogen and oxygen atoms in total. The van der Waals surface area contributed by atoms with Crippen molar-refractivity contribution in [3.8, 4) is 0 Å². The highest BCUT2D eigenvalue weighted by molar-refractivity contribution is 6.06. The van der Waals surface area contributed by atoms with Crippen molar-refractivity contribution in [1.82, 2.24) is 5.32 Å². The van der Waals surface area contributed by atoms with Crippen LogP contribution in [0.4, 0.5) is 10.1 Å². The minimum Gasteiger partial charge on any atom is -0.348 e. The molecule has 2 N–H and O–H groups in total. The molecule has 0 saturated heterocycles. The first kappa shape index (κ1) is 18.3. The molecule has 2 amide bonds. The van der Waals surface area contributed by atoms with Gasteiger partial charge in [-0.1, -0.05) is 36.4 Å². The van der Waals surface area contributed by atoms with Crippen molar-refractivity contribution in [3.63, 3.8) is 0 Å². The summed E-state index contributed by atoms with van der Waals surface area (Å²) >= 11 is 0. The van der Waals surface area contributed by atoms with Crippen LogP contribution >= 0.6 is 0 Å². The third-order valence-corrected chi connectivity index (χ3v) is 4.06. The molecule has 5 heteroatoms. The predicted octanol–water partition coefficient (Wildman–Crippen LogP) is 4.32. The largest absolute Gasteiger partial charge is 0.348 e. The monoisotopic (exact) mass is 362 g/mol. The van der Waals surface area contributed by atoms with E-state index in [1.54, 1.807) is 42.5 Å². The van der Waals surface area contributed by atoms with Crippen LogP contribution in [-0.4, -0.2) is 11.8 Å². The lowest BCUT2D eigenvalue weighted by molar-refractivity contribution is 0.0950. The number of aryl methyl sites for hydroxylation is 1. The Hall–Kier alpha value is -3.47. The molecule has 3 aromatic carbocycles. The van der Waals surface area contributed by atoms with Gasteiger partial charge in [0.2, 0.25) is 0 Å². The zero-order chi connectivity index (χ0) is 19.2. The Kier molecular flexibility index (Phi) is 5.61. The standard InChI is InChI=1S/C22H19FN2O2/c1-15-6-4-10-19(12-15)25-22(27)17-9-5-8-16(13-17)21(26)24-14-18-7-2-3-11-20(18)23/h2-13H,14H2,1H3,(H,24,26)(H,25,27). The third kappa shape index (κ3) is 4.79. The molecular formula is C22H19FN2O2. The van der Waals surface area contributed by atoms with E-state index in [4.69, 9.17) is 0 Å². The summed E-state index contributed by atoms with van der Waals surface area (Å²) in [7, 11) is 0. The molecule has 136 valence electrons. The van der Waals surface area contributed by atoms with E-state index in [0.29, 0.717) is 22.4 Å². The zero-order valence-corrected chi connectivity index (χ0v) is 14.8. The van der Waals surface area contributed by atoms with Crippen LogP contribution in [0.1, 0.15) is 31.8 Å². The van der Waals surface area contributed by atoms with Crippen molar-refractivity contribution in [2.45, 2.75) is 13.5 Å². The summed E-state index contributed by atoms with van der Waals surface area (Å²) in [5.41, 5.74) is 2.83. The molecule has 0 saturated carbocycles. The number of amides is 2. The van der Waals surface area contributed by atoms with Gasteiger partial charge in [0.15, 0.2) is 0 Å². The molecule has 0 aliphatic heterocycles. The second-order valence-electron chi connectivity index (χ2n) is 6.18. The number of hydrogen-bond donors (Lipinski definition) is 2. The van der Waals surface area contributed by atoms with Gasteiger partial charge in [0.05, 0.1) is 0 Å². The Morgan fingerprint density at radius 3 is 2.30 bits per heavy atom. The van der Waals surface area contributed by atoms with Crippen LogP contribution < -0.4 is 10.6 Å². The number of carbonyl (C=O) groups is 2. The van der Waals surface area contributed by atoms with Gasteiger partial charge >= 0.3 is 0 Å². The van der Waals surface area contributed by atoms with Crippen LogP contribution in [0.15, 0.2) is 72.8 Å². The van der Waals surface area contributed by atoms with Gasteiger partial charge in [0, 0.05) is 28.9 Å². The maximum absolute atomic E-state index is 13.6. The van der Waals surface area contributed by atoms with Gasteiger partial charge in [0.1, 0.15) is 5.82 Å². The molecule has 0 radical (unpaired) electrons. The average molecular weight is 362 g/mol. The minimum atomic E-state index is -0.372. The molecule has 0 spiro atoms. The summed E-state index contributed by atoms with van der Waals surface area (Å²) in [6, 6.07) is 20.1. The minimum absolute atomic E-state index is 0.0746. The first-order chi connectivity index (χ1) is 13.0. The van der Waals surface area contributed by atoms with Gasteiger partial charge in [-0.2, -0.15) is 0 Å². The van der Waals surface area contributed by atoms with Crippen molar-refractivity contribution in [2.75, 3.05) is 5.32 Å². The fourth-order valence-corrected chi connectivity index (χ4v) is 2.65. The quantitative estimate of drug-likeness (QED) is 0.710. The SMILES string of the molecule is Cc1cccc(NC(=O)c2cccc(C(=O)NCc3ccccc3F)c2)c1. The van der Waals surface area contributed by atoms with E-state index in [9.17, 15) is 14.0 Å². The fourth-order valence-electron chi connectivity index (χ4n) is 2.65. The van der Waals surface area contributed by atoms with Crippen LogP contribution in [0.2, 0.25) is 0 Å². The number of nitrogens with one attached hydrogen (secondary N) is 2. The molecular weight excluding hydrogens is 343 g/mol. The lowest BCUT2D eigenvalue weighted by Gasteiger charge is -2.09. The Bertz CT molecular complexity index is 985. The lowest BCUT2D eigenvalue weighted by atomic mass is 10.1. The second kappa shape index (κ2) is 8.27. The first-order valence-corrected chi connectivity index (χ1v) is 8.52. The fraction of sp³-hybridized carbons (Fsp3) is 0.0909. The average Bonchev–Trinajstić information content (AvgIpc) is 2.67. The summed E-state index contributed by atoms with van der Waals surface area (Å²) in [6.07, 6.45) is 0. The van der Waals surface area contributed by atoms with Crippen molar-refractivity contribution in [2.24, 2.45) is 0 Å². The van der Waals surface area contributed by atoms with Crippen LogP contribution in [0.25, 0.3) is 0 Å². The highest BCUT2D eigenvalue weighted by Gasteiger charge is 2.11. The number of halogens is 1. The van der Waals surface area contributed by atoms with Gasteiger partial charge < -0.3 is 10.6 Å². The highest BCUT2D eigenvalue weighted by Crippen LogP contribution is 2.13. The summed E-state index contributed by atoms with van der Waals surface area (Å²) in [6.45, 7) is 2.02. The third-order valence-electron chi connectivity index (χ3n) is 4.06. The van der Waals surface area contributed by atoms with E-state index in [0.717, 1.165) is 5.56 Å². The second-order valence-corrected chi connectivity index (χ2v) is 6.18. The van der Waals surface area contributed by atoms with Crippen molar-refractivity contribution in [1.29, 1.82) is 0 Å². The number of rotatable bonds is 5. The van der Waals surface area contributed by atoms with E-state index in [1.165, 1.54) is 12.1 Å². The molecule has 0 atom stereocenters. The molecule has 3 rings (SSSR count). The smallest absolute Gasteiger partial charge is 0.255 e. The Morgan fingerprint density at radius 2 is 1.56 bits per heavy atom. The molecule has 27 heavy (non-hydrogen) atoms. The van der Waals surface area contributed by atoms with E-state index in [2.05, 4.69) is 10.6 Å². The predicted molar refractivity (Wildman–Crippen MR) is 103 cm³/mol. The van der Waals surface area contributed by atoms with Gasteiger partial charge in [0.25, 0.3) is 11.8 Å². The summed E-state index contributed by atoms with van der Waals surface area (Å²) < 4.78 is 13.6. The first-order valence-electron chi connectivity index (χ1n) is 8.52. The van der Waals surface area contributed by atoms with Crippen molar-refractivity contribution in [3.05, 3.63) is 101 Å². The molecule has 3 aromatic rings. The Morgan fingerprint density at radius 1 is 0.852 bits per heavy atom. The van der Waals surface area contributed by atoms with Crippen LogP contribution in [0.3, 0.4) is 0 Å². The molecule has 0 aliphatic carbocycles. The van der Waals surface area contributed by atoms with Gasteiger partial charge in [-0.15, -0.1) is 0 Å². The van der Waals surface area contributed by atoms with Gasteiger partial charge in [-0.05, 0) is 48.9 Å². The maximum atomic E-state index is 13.6. The summed E-state index contributed by atoms with van der Waals surface area (Å²) in [4.78, 5) is 24.8. The molecule has 0 fully saturated rings. The normalized spacial score (nSPS) is 10.3. The van der Waals surface area contributed by atoms with Gasteiger partial charge in [-0.3, -0.25) is 9.59 Å². The number of anilines is 1. The topological polar surface area (TPSA) is 58.2 Å². The Balaban J connectivity index is 1.68. The highest BCUT2D eigenvalue weighted by atomic mass is 19.1. The van der Waals surface area contributed by atoms with E-state index in [-0.39, 0.29) is 24.2 Å². The van der Waals surface area contributed by atoms with Crippen molar-refractivity contribution < 1.29 is 14.0 Å². The van der Waals surface area contributed by atoms with Crippen LogP contribution in [0.5, 0.6) is 0 Å². The summed E-state index contributed by atoms with van der Waals surface area (Å²) in [5, 5.41) is 5.48. The van der Waals surface area contributed by atoms with Gasteiger partial charge in [-0.25, -0.2) is 4.39 Å². The van der Waals surface area contributed by atoms with Crippen molar-refractivity contribution >= 4 is 17.5 Å². The van der Waals surface area contributed by atoms with E-state index < -0.39 is 0 Å². The lowest BCUT2D eigenvalue weighted by Crippen LogP contribution is -2.24. The van der Waals surface area contributed by atoms with E-state index >= 15 is 0 Å².